The number of benzene rings is 2. The van der Waals surface area contributed by atoms with E-state index in [9.17, 15) is 9.59 Å². The number of anilines is 1. The Morgan fingerprint density at radius 3 is 2.29 bits per heavy atom. The molecule has 0 spiro atoms. The summed E-state index contributed by atoms with van der Waals surface area (Å²) in [6.45, 7) is 5.20. The van der Waals surface area contributed by atoms with Crippen LogP contribution in [0.5, 0.6) is 5.75 Å². The van der Waals surface area contributed by atoms with Gasteiger partial charge in [0.1, 0.15) is 5.75 Å². The van der Waals surface area contributed by atoms with Crippen LogP contribution in [0.1, 0.15) is 49.0 Å². The fraction of sp³-hybridized carbons (Fsp3) is 0.304. The van der Waals surface area contributed by atoms with Crippen molar-refractivity contribution in [2.75, 3.05) is 18.5 Å². The van der Waals surface area contributed by atoms with Crippen molar-refractivity contribution in [3.8, 4) is 5.75 Å². The van der Waals surface area contributed by atoms with Crippen molar-refractivity contribution in [3.63, 3.8) is 0 Å². The van der Waals surface area contributed by atoms with Gasteiger partial charge in [0, 0.05) is 11.8 Å². The van der Waals surface area contributed by atoms with Crippen molar-refractivity contribution in [2.45, 2.75) is 33.1 Å². The first kappa shape index (κ1) is 21.2. The number of carbonyl (C=O) groups excluding carboxylic acids is 2. The van der Waals surface area contributed by atoms with E-state index in [1.54, 1.807) is 30.3 Å². The number of amides is 1. The highest BCUT2D eigenvalue weighted by Crippen LogP contribution is 2.14. The van der Waals surface area contributed by atoms with Crippen molar-refractivity contribution in [2.24, 2.45) is 0 Å². The normalized spacial score (nSPS) is 10.6. The molecule has 0 bridgehead atoms. The van der Waals surface area contributed by atoms with Crippen LogP contribution in [0.15, 0.2) is 54.6 Å². The van der Waals surface area contributed by atoms with Gasteiger partial charge in [0.2, 0.25) is 5.91 Å². The molecule has 0 fully saturated rings. The molecule has 2 aromatic carbocycles. The lowest BCUT2D eigenvalue weighted by molar-refractivity contribution is -0.111. The zero-order chi connectivity index (χ0) is 20.2. The summed E-state index contributed by atoms with van der Waals surface area (Å²) < 4.78 is 10.7. The first-order chi connectivity index (χ1) is 13.6. The molecule has 2 rings (SSSR count). The molecular formula is C23H27NO4. The second kappa shape index (κ2) is 11.6. The van der Waals surface area contributed by atoms with Crippen LogP contribution >= 0.6 is 0 Å². The highest BCUT2D eigenvalue weighted by atomic mass is 16.5. The molecule has 5 heteroatoms. The van der Waals surface area contributed by atoms with Crippen molar-refractivity contribution in [1.82, 2.24) is 0 Å². The van der Waals surface area contributed by atoms with Crippen LogP contribution in [-0.4, -0.2) is 25.1 Å². The van der Waals surface area contributed by atoms with Gasteiger partial charge in [-0.2, -0.15) is 0 Å². The van der Waals surface area contributed by atoms with Crippen LogP contribution in [-0.2, 0) is 9.53 Å². The van der Waals surface area contributed by atoms with Crippen molar-refractivity contribution in [1.29, 1.82) is 0 Å². The predicted molar refractivity (Wildman–Crippen MR) is 112 cm³/mol. The van der Waals surface area contributed by atoms with Gasteiger partial charge in [0.25, 0.3) is 0 Å². The molecule has 5 nitrogen and oxygen atoms in total. The van der Waals surface area contributed by atoms with Gasteiger partial charge in [-0.3, -0.25) is 4.79 Å². The highest BCUT2D eigenvalue weighted by molar-refractivity contribution is 6.02. The summed E-state index contributed by atoms with van der Waals surface area (Å²) in [4.78, 5) is 23.9. The van der Waals surface area contributed by atoms with Gasteiger partial charge in [-0.05, 0) is 60.9 Å². The third-order valence-electron chi connectivity index (χ3n) is 3.90. The maximum atomic E-state index is 12.1. The Hall–Kier alpha value is -3.08. The Morgan fingerprint density at radius 2 is 1.64 bits per heavy atom. The molecule has 0 heterocycles. The van der Waals surface area contributed by atoms with Gasteiger partial charge in [-0.1, -0.05) is 32.4 Å². The average Bonchev–Trinajstić information content (AvgIpc) is 2.72. The molecule has 0 atom stereocenters. The van der Waals surface area contributed by atoms with Crippen molar-refractivity contribution < 1.29 is 19.1 Å². The van der Waals surface area contributed by atoms with Gasteiger partial charge in [0.05, 0.1) is 18.8 Å². The molecule has 148 valence electrons. The number of ether oxygens (including phenoxy) is 2. The highest BCUT2D eigenvalue weighted by Gasteiger charge is 2.07. The number of hydrogen-bond acceptors (Lipinski definition) is 4. The predicted octanol–water partition coefficient (Wildman–Crippen LogP) is 5.08. The minimum Gasteiger partial charge on any atom is -0.494 e. The summed E-state index contributed by atoms with van der Waals surface area (Å²) >= 11 is 0. The minimum absolute atomic E-state index is 0.246. The molecule has 0 unspecified atom stereocenters. The van der Waals surface area contributed by atoms with E-state index in [-0.39, 0.29) is 11.9 Å². The third-order valence-corrected chi connectivity index (χ3v) is 3.90. The van der Waals surface area contributed by atoms with Crippen LogP contribution < -0.4 is 10.1 Å². The summed E-state index contributed by atoms with van der Waals surface area (Å²) in [5, 5.41) is 2.77. The smallest absolute Gasteiger partial charge is 0.338 e. The fourth-order valence-corrected chi connectivity index (χ4v) is 2.33. The summed E-state index contributed by atoms with van der Waals surface area (Å²) in [5.41, 5.74) is 1.99. The molecule has 0 aromatic heterocycles. The largest absolute Gasteiger partial charge is 0.494 e. The molecule has 0 aliphatic heterocycles. The van der Waals surface area contributed by atoms with E-state index in [1.807, 2.05) is 31.2 Å². The Balaban J connectivity index is 1.85. The summed E-state index contributed by atoms with van der Waals surface area (Å²) in [5.74, 6) is 0.221. The monoisotopic (exact) mass is 381 g/mol. The van der Waals surface area contributed by atoms with Crippen LogP contribution in [0.2, 0.25) is 0 Å². The number of rotatable bonds is 10. The van der Waals surface area contributed by atoms with Gasteiger partial charge < -0.3 is 14.8 Å². The zero-order valence-electron chi connectivity index (χ0n) is 16.4. The van der Waals surface area contributed by atoms with E-state index in [0.717, 1.165) is 30.6 Å². The number of esters is 1. The topological polar surface area (TPSA) is 64.6 Å². The van der Waals surface area contributed by atoms with E-state index < -0.39 is 0 Å². The Morgan fingerprint density at radius 1 is 0.929 bits per heavy atom. The van der Waals surface area contributed by atoms with Crippen LogP contribution in [0.4, 0.5) is 5.69 Å². The number of nitrogens with one attached hydrogen (secondary N) is 1. The van der Waals surface area contributed by atoms with E-state index in [0.29, 0.717) is 24.5 Å². The maximum Gasteiger partial charge on any atom is 0.338 e. The lowest BCUT2D eigenvalue weighted by Crippen LogP contribution is -2.09. The van der Waals surface area contributed by atoms with E-state index in [1.165, 1.54) is 6.08 Å². The Bertz CT molecular complexity index is 779. The first-order valence-corrected chi connectivity index (χ1v) is 9.61. The van der Waals surface area contributed by atoms with Crippen LogP contribution in [0, 0.1) is 0 Å². The van der Waals surface area contributed by atoms with Crippen LogP contribution in [0.3, 0.4) is 0 Å². The minimum atomic E-state index is -0.349. The molecule has 0 aliphatic rings. The van der Waals surface area contributed by atoms with Gasteiger partial charge >= 0.3 is 5.97 Å². The molecule has 1 amide bonds. The molecular weight excluding hydrogens is 354 g/mol. The second-order valence-corrected chi connectivity index (χ2v) is 6.31. The molecule has 0 saturated heterocycles. The lowest BCUT2D eigenvalue weighted by Gasteiger charge is -2.06. The molecule has 1 N–H and O–H groups in total. The van der Waals surface area contributed by atoms with Gasteiger partial charge in [-0.25, -0.2) is 4.79 Å². The molecule has 28 heavy (non-hydrogen) atoms. The first-order valence-electron chi connectivity index (χ1n) is 9.61. The zero-order valence-corrected chi connectivity index (χ0v) is 16.4. The Labute approximate surface area is 166 Å². The number of hydrogen-bond donors (Lipinski definition) is 1. The third kappa shape index (κ3) is 7.27. The van der Waals surface area contributed by atoms with Gasteiger partial charge in [-0.15, -0.1) is 0 Å². The summed E-state index contributed by atoms with van der Waals surface area (Å²) in [7, 11) is 0. The summed E-state index contributed by atoms with van der Waals surface area (Å²) in [6.07, 6.45) is 5.99. The van der Waals surface area contributed by atoms with E-state index >= 15 is 0 Å². The maximum absolute atomic E-state index is 12.1. The fourth-order valence-electron chi connectivity index (χ4n) is 2.33. The molecule has 0 radical (unpaired) electrons. The van der Waals surface area contributed by atoms with Crippen molar-refractivity contribution in [3.05, 3.63) is 65.7 Å². The second-order valence-electron chi connectivity index (χ2n) is 6.31. The Kier molecular flexibility index (Phi) is 8.79. The molecule has 0 aliphatic carbocycles. The van der Waals surface area contributed by atoms with Crippen LogP contribution in [0.25, 0.3) is 6.08 Å². The van der Waals surface area contributed by atoms with E-state index in [4.69, 9.17) is 9.47 Å². The van der Waals surface area contributed by atoms with E-state index in [2.05, 4.69) is 12.2 Å². The SMILES string of the molecule is CCCCOC(=O)c1ccc(NC(=O)C=Cc2ccc(OCCC)cc2)cc1. The molecule has 2 aromatic rings. The molecule has 0 saturated carbocycles. The number of carbonyl (C=O) groups is 2. The summed E-state index contributed by atoms with van der Waals surface area (Å²) in [6, 6.07) is 14.2. The van der Waals surface area contributed by atoms with Crippen molar-refractivity contribution >= 4 is 23.6 Å². The quantitative estimate of drug-likeness (QED) is 0.354. The standard InChI is InChI=1S/C23H27NO4/c1-3-5-17-28-23(26)19-9-11-20(12-10-19)24-22(25)15-8-18-6-13-21(14-7-18)27-16-4-2/h6-15H,3-5,16-17H2,1-2H3,(H,24,25). The average molecular weight is 381 g/mol. The number of unbranched alkanes of at least 4 members (excludes halogenated alkanes) is 1. The van der Waals surface area contributed by atoms with Gasteiger partial charge in [0.15, 0.2) is 0 Å². The lowest BCUT2D eigenvalue weighted by atomic mass is 10.2.